The summed E-state index contributed by atoms with van der Waals surface area (Å²) in [6.45, 7) is 2.51. The van der Waals surface area contributed by atoms with E-state index in [1.165, 1.54) is 11.3 Å². The molecule has 2 aromatic rings. The predicted octanol–water partition coefficient (Wildman–Crippen LogP) is 2.23. The fourth-order valence-electron chi connectivity index (χ4n) is 1.48. The summed E-state index contributed by atoms with van der Waals surface area (Å²) in [4.78, 5) is 11.3. The number of nitrogens with zero attached hydrogens (tertiary/aromatic N) is 3. The molecule has 0 amide bonds. The monoisotopic (exact) mass is 249 g/mol. The Bertz CT molecular complexity index is 470. The van der Waals surface area contributed by atoms with Crippen molar-refractivity contribution in [2.45, 2.75) is 19.6 Å². The second-order valence-electron chi connectivity index (χ2n) is 3.94. The summed E-state index contributed by atoms with van der Waals surface area (Å²) in [5.41, 5.74) is 1.14. The van der Waals surface area contributed by atoms with Gasteiger partial charge in [-0.1, -0.05) is 17.4 Å². The second-order valence-corrected chi connectivity index (χ2v) is 4.98. The van der Waals surface area contributed by atoms with Crippen LogP contribution in [0.1, 0.15) is 23.5 Å². The first-order valence-electron chi connectivity index (χ1n) is 5.40. The van der Waals surface area contributed by atoms with Crippen LogP contribution in [0.4, 0.5) is 5.13 Å². The molecule has 0 fully saturated rings. The maximum absolute atomic E-state index is 9.45. The molecule has 90 valence electrons. The van der Waals surface area contributed by atoms with Gasteiger partial charge >= 0.3 is 0 Å². The van der Waals surface area contributed by atoms with Crippen LogP contribution in [0.3, 0.4) is 0 Å². The summed E-state index contributed by atoms with van der Waals surface area (Å²) in [6, 6.07) is 3.96. The molecular formula is C12H15N3OS. The lowest BCUT2D eigenvalue weighted by Gasteiger charge is -2.15. The number of anilines is 1. The van der Waals surface area contributed by atoms with Gasteiger partial charge in [-0.3, -0.25) is 4.98 Å². The molecule has 1 N–H and O–H groups in total. The number of pyridine rings is 1. The van der Waals surface area contributed by atoms with Gasteiger partial charge in [0.1, 0.15) is 0 Å². The molecule has 5 heteroatoms. The van der Waals surface area contributed by atoms with Gasteiger partial charge in [-0.25, -0.2) is 4.98 Å². The summed E-state index contributed by atoms with van der Waals surface area (Å²) in [7, 11) is 1.98. The van der Waals surface area contributed by atoms with Gasteiger partial charge in [-0.05, 0) is 18.6 Å². The van der Waals surface area contributed by atoms with Gasteiger partial charge in [0, 0.05) is 32.2 Å². The minimum atomic E-state index is -0.451. The largest absolute Gasteiger partial charge is 0.388 e. The number of thiazole rings is 1. The van der Waals surface area contributed by atoms with Crippen LogP contribution in [0.5, 0.6) is 0 Å². The van der Waals surface area contributed by atoms with Crippen LogP contribution in [0.15, 0.2) is 30.7 Å². The highest BCUT2D eigenvalue weighted by atomic mass is 32.1. The summed E-state index contributed by atoms with van der Waals surface area (Å²) in [5.74, 6) is 0. The maximum atomic E-state index is 9.45. The molecule has 2 rings (SSSR count). The van der Waals surface area contributed by atoms with Crippen LogP contribution in [0.25, 0.3) is 0 Å². The molecule has 0 aromatic carbocycles. The number of aliphatic hydroxyl groups is 1. The van der Waals surface area contributed by atoms with Gasteiger partial charge in [0.15, 0.2) is 5.13 Å². The highest BCUT2D eigenvalue weighted by Gasteiger charge is 2.10. The average Bonchev–Trinajstić information content (AvgIpc) is 2.79. The van der Waals surface area contributed by atoms with Crippen molar-refractivity contribution in [3.63, 3.8) is 0 Å². The topological polar surface area (TPSA) is 49.3 Å². The normalized spacial score (nSPS) is 12.4. The molecule has 2 heterocycles. The fraction of sp³-hybridized carbons (Fsp3) is 0.333. The lowest BCUT2D eigenvalue weighted by Crippen LogP contribution is -2.15. The van der Waals surface area contributed by atoms with Gasteiger partial charge < -0.3 is 10.0 Å². The van der Waals surface area contributed by atoms with Crippen LogP contribution in [0.2, 0.25) is 0 Å². The summed E-state index contributed by atoms with van der Waals surface area (Å²) >= 11 is 1.51. The molecule has 0 aliphatic rings. The molecule has 2 aromatic heterocycles. The minimum absolute atomic E-state index is 0.451. The van der Waals surface area contributed by atoms with Crippen LogP contribution >= 0.6 is 11.3 Å². The smallest absolute Gasteiger partial charge is 0.185 e. The lowest BCUT2D eigenvalue weighted by atomic mass is 10.3. The molecule has 0 aliphatic heterocycles. The fourth-order valence-corrected chi connectivity index (χ4v) is 2.29. The van der Waals surface area contributed by atoms with E-state index in [-0.39, 0.29) is 0 Å². The Morgan fingerprint density at radius 1 is 1.47 bits per heavy atom. The molecule has 0 spiro atoms. The zero-order valence-electron chi connectivity index (χ0n) is 9.87. The average molecular weight is 249 g/mol. The summed E-state index contributed by atoms with van der Waals surface area (Å²) in [6.07, 6.45) is 4.88. The second kappa shape index (κ2) is 5.25. The zero-order valence-corrected chi connectivity index (χ0v) is 10.7. The molecule has 0 radical (unpaired) electrons. The first-order chi connectivity index (χ1) is 8.16. The highest BCUT2D eigenvalue weighted by Crippen LogP contribution is 2.26. The predicted molar refractivity (Wildman–Crippen MR) is 69.1 cm³/mol. The van der Waals surface area contributed by atoms with Crippen molar-refractivity contribution in [3.05, 3.63) is 41.2 Å². The maximum Gasteiger partial charge on any atom is 0.185 e. The number of hydrogen-bond acceptors (Lipinski definition) is 5. The molecule has 0 saturated heterocycles. The number of rotatable bonds is 4. The Hall–Kier alpha value is -1.46. The zero-order chi connectivity index (χ0) is 12.3. The summed E-state index contributed by atoms with van der Waals surface area (Å²) < 4.78 is 0. The first kappa shape index (κ1) is 12.0. The van der Waals surface area contributed by atoms with Gasteiger partial charge in [0.2, 0.25) is 0 Å². The number of aliphatic hydroxyl groups excluding tert-OH is 1. The molecule has 4 nitrogen and oxygen atoms in total. The Balaban J connectivity index is 2.07. The van der Waals surface area contributed by atoms with Gasteiger partial charge in [0.05, 0.1) is 11.0 Å². The van der Waals surface area contributed by atoms with E-state index in [2.05, 4.69) is 9.97 Å². The SMILES string of the molecule is CC(O)c1cnc(N(C)Cc2cccnc2)s1. The van der Waals surface area contributed by atoms with Crippen LogP contribution < -0.4 is 4.90 Å². The quantitative estimate of drug-likeness (QED) is 0.902. The van der Waals surface area contributed by atoms with Crippen LogP contribution in [-0.4, -0.2) is 22.1 Å². The van der Waals surface area contributed by atoms with Gasteiger partial charge in [-0.15, -0.1) is 0 Å². The highest BCUT2D eigenvalue weighted by molar-refractivity contribution is 7.15. The van der Waals surface area contributed by atoms with E-state index in [4.69, 9.17) is 0 Å². The van der Waals surface area contributed by atoms with Crippen molar-refractivity contribution in [2.75, 3.05) is 11.9 Å². The Morgan fingerprint density at radius 3 is 2.88 bits per heavy atom. The van der Waals surface area contributed by atoms with Gasteiger partial charge in [0.25, 0.3) is 0 Å². The van der Waals surface area contributed by atoms with E-state index in [1.807, 2.05) is 30.3 Å². The van der Waals surface area contributed by atoms with Crippen molar-refractivity contribution in [3.8, 4) is 0 Å². The van der Waals surface area contributed by atoms with E-state index in [1.54, 1.807) is 19.3 Å². The van der Waals surface area contributed by atoms with E-state index >= 15 is 0 Å². The lowest BCUT2D eigenvalue weighted by molar-refractivity contribution is 0.203. The van der Waals surface area contributed by atoms with Crippen LogP contribution in [0, 0.1) is 0 Å². The molecule has 0 saturated carbocycles. The third kappa shape index (κ3) is 3.01. The standard InChI is InChI=1S/C12H15N3OS/c1-9(16)11-7-14-12(17-11)15(2)8-10-4-3-5-13-6-10/h3-7,9,16H,8H2,1-2H3. The Kier molecular flexibility index (Phi) is 3.71. The molecular weight excluding hydrogens is 234 g/mol. The van der Waals surface area contributed by atoms with Crippen molar-refractivity contribution in [2.24, 2.45) is 0 Å². The number of hydrogen-bond donors (Lipinski definition) is 1. The van der Waals surface area contributed by atoms with Crippen molar-refractivity contribution >= 4 is 16.5 Å². The third-order valence-corrected chi connectivity index (χ3v) is 3.67. The van der Waals surface area contributed by atoms with E-state index < -0.39 is 6.10 Å². The van der Waals surface area contributed by atoms with Crippen LogP contribution in [-0.2, 0) is 6.54 Å². The first-order valence-corrected chi connectivity index (χ1v) is 6.22. The summed E-state index contributed by atoms with van der Waals surface area (Å²) in [5, 5.41) is 10.4. The molecule has 17 heavy (non-hydrogen) atoms. The van der Waals surface area contributed by atoms with Crippen molar-refractivity contribution in [1.29, 1.82) is 0 Å². The Labute approximate surface area is 105 Å². The molecule has 0 aliphatic carbocycles. The van der Waals surface area contributed by atoms with Gasteiger partial charge in [-0.2, -0.15) is 0 Å². The third-order valence-electron chi connectivity index (χ3n) is 2.39. The minimum Gasteiger partial charge on any atom is -0.388 e. The number of aromatic nitrogens is 2. The van der Waals surface area contributed by atoms with Crippen molar-refractivity contribution < 1.29 is 5.11 Å². The van der Waals surface area contributed by atoms with Crippen molar-refractivity contribution in [1.82, 2.24) is 9.97 Å². The van der Waals surface area contributed by atoms with E-state index in [0.29, 0.717) is 0 Å². The van der Waals surface area contributed by atoms with E-state index in [9.17, 15) is 5.11 Å². The molecule has 1 unspecified atom stereocenters. The van der Waals surface area contributed by atoms with E-state index in [0.717, 1.165) is 22.1 Å². The molecule has 0 bridgehead atoms. The molecule has 1 atom stereocenters. The Morgan fingerprint density at radius 2 is 2.29 bits per heavy atom.